The van der Waals surface area contributed by atoms with Gasteiger partial charge in [0.1, 0.15) is 0 Å². The lowest BCUT2D eigenvalue weighted by Crippen LogP contribution is -2.14. The molecule has 1 amide bonds. The van der Waals surface area contributed by atoms with Gasteiger partial charge in [0.2, 0.25) is 5.91 Å². The smallest absolute Gasteiger partial charge is 0.234 e. The van der Waals surface area contributed by atoms with Crippen molar-refractivity contribution in [2.45, 2.75) is 24.9 Å². The molecule has 6 nitrogen and oxygen atoms in total. The molecular formula is C24H23N5OS. The maximum Gasteiger partial charge on any atom is 0.234 e. The molecule has 0 bridgehead atoms. The molecule has 4 aromatic rings. The van der Waals surface area contributed by atoms with Gasteiger partial charge in [0, 0.05) is 29.3 Å². The predicted octanol–water partition coefficient (Wildman–Crippen LogP) is 5.18. The summed E-state index contributed by atoms with van der Waals surface area (Å²) in [7, 11) is 0. The van der Waals surface area contributed by atoms with Crippen LogP contribution < -0.4 is 5.32 Å². The molecule has 156 valence electrons. The Labute approximate surface area is 185 Å². The first-order chi connectivity index (χ1) is 15.1. The van der Waals surface area contributed by atoms with E-state index in [0.29, 0.717) is 16.9 Å². The Morgan fingerprint density at radius 1 is 1.03 bits per heavy atom. The lowest BCUT2D eigenvalue weighted by Gasteiger charge is -2.11. The average molecular weight is 430 g/mol. The molecule has 2 aromatic carbocycles. The number of benzene rings is 2. The van der Waals surface area contributed by atoms with Crippen LogP contribution in [0.1, 0.15) is 25.3 Å². The molecule has 0 aliphatic carbocycles. The van der Waals surface area contributed by atoms with Crippen LogP contribution in [0.15, 0.2) is 84.3 Å². The molecule has 0 radical (unpaired) electrons. The highest BCUT2D eigenvalue weighted by atomic mass is 32.2. The van der Waals surface area contributed by atoms with Crippen molar-refractivity contribution in [3.8, 4) is 17.1 Å². The highest BCUT2D eigenvalue weighted by molar-refractivity contribution is 7.99. The zero-order valence-electron chi connectivity index (χ0n) is 17.4. The predicted molar refractivity (Wildman–Crippen MR) is 124 cm³/mol. The Hall–Kier alpha value is -3.45. The van der Waals surface area contributed by atoms with Gasteiger partial charge in [-0.25, -0.2) is 0 Å². The molecule has 0 unspecified atom stereocenters. The number of para-hydroxylation sites is 1. The SMILES string of the molecule is CC(C)c1cccc(NC(=O)CSc2nnc(-c3cccnc3)n2-c2ccccc2)c1. The van der Waals surface area contributed by atoms with Gasteiger partial charge in [0.15, 0.2) is 11.0 Å². The second-order valence-electron chi connectivity index (χ2n) is 7.34. The fourth-order valence-electron chi connectivity index (χ4n) is 3.16. The van der Waals surface area contributed by atoms with Crippen LogP contribution >= 0.6 is 11.8 Å². The van der Waals surface area contributed by atoms with E-state index >= 15 is 0 Å². The number of hydrogen-bond acceptors (Lipinski definition) is 5. The topological polar surface area (TPSA) is 72.7 Å². The quantitative estimate of drug-likeness (QED) is 0.410. The normalized spacial score (nSPS) is 10.9. The Kier molecular flexibility index (Phi) is 6.43. The minimum atomic E-state index is -0.0866. The third-order valence-corrected chi connectivity index (χ3v) is 5.67. The molecule has 2 aromatic heterocycles. The van der Waals surface area contributed by atoms with E-state index in [9.17, 15) is 4.79 Å². The summed E-state index contributed by atoms with van der Waals surface area (Å²) in [6.07, 6.45) is 3.48. The number of anilines is 1. The number of nitrogens with one attached hydrogen (secondary N) is 1. The van der Waals surface area contributed by atoms with Crippen molar-refractivity contribution in [1.29, 1.82) is 0 Å². The molecule has 0 fully saturated rings. The van der Waals surface area contributed by atoms with Gasteiger partial charge in [0.25, 0.3) is 0 Å². The molecule has 0 aliphatic rings. The van der Waals surface area contributed by atoms with Gasteiger partial charge in [-0.2, -0.15) is 0 Å². The zero-order valence-corrected chi connectivity index (χ0v) is 18.2. The van der Waals surface area contributed by atoms with Crippen LogP contribution in [-0.2, 0) is 4.79 Å². The maximum absolute atomic E-state index is 12.6. The third-order valence-electron chi connectivity index (χ3n) is 4.74. The van der Waals surface area contributed by atoms with Crippen molar-refractivity contribution < 1.29 is 4.79 Å². The van der Waals surface area contributed by atoms with Crippen molar-refractivity contribution in [3.63, 3.8) is 0 Å². The number of nitrogens with zero attached hydrogens (tertiary/aromatic N) is 4. The Morgan fingerprint density at radius 3 is 2.61 bits per heavy atom. The van der Waals surface area contributed by atoms with Crippen molar-refractivity contribution >= 4 is 23.4 Å². The Balaban J connectivity index is 1.54. The van der Waals surface area contributed by atoms with E-state index in [1.165, 1.54) is 17.3 Å². The molecule has 4 rings (SSSR count). The van der Waals surface area contributed by atoms with Gasteiger partial charge in [-0.05, 0) is 47.9 Å². The van der Waals surface area contributed by atoms with Crippen molar-refractivity contribution in [1.82, 2.24) is 19.7 Å². The van der Waals surface area contributed by atoms with E-state index in [-0.39, 0.29) is 11.7 Å². The van der Waals surface area contributed by atoms with Gasteiger partial charge in [0.05, 0.1) is 5.75 Å². The van der Waals surface area contributed by atoms with E-state index in [1.54, 1.807) is 12.4 Å². The third kappa shape index (κ3) is 5.00. The summed E-state index contributed by atoms with van der Waals surface area (Å²) in [5.74, 6) is 1.23. The van der Waals surface area contributed by atoms with E-state index in [2.05, 4.69) is 40.4 Å². The minimum Gasteiger partial charge on any atom is -0.325 e. The molecule has 0 saturated heterocycles. The first-order valence-electron chi connectivity index (χ1n) is 10.1. The van der Waals surface area contributed by atoms with Crippen LogP contribution in [-0.4, -0.2) is 31.4 Å². The number of aromatic nitrogens is 4. The molecule has 31 heavy (non-hydrogen) atoms. The van der Waals surface area contributed by atoms with E-state index in [4.69, 9.17) is 0 Å². The van der Waals surface area contributed by atoms with Gasteiger partial charge in [-0.15, -0.1) is 10.2 Å². The minimum absolute atomic E-state index is 0.0866. The first kappa shape index (κ1) is 20.8. The summed E-state index contributed by atoms with van der Waals surface area (Å²) in [5.41, 5.74) is 3.78. The fraction of sp³-hybridized carbons (Fsp3) is 0.167. The van der Waals surface area contributed by atoms with Crippen LogP contribution in [0, 0.1) is 0 Å². The number of thioether (sulfide) groups is 1. The molecule has 7 heteroatoms. The highest BCUT2D eigenvalue weighted by Gasteiger charge is 2.17. The summed E-state index contributed by atoms with van der Waals surface area (Å²) in [5, 5.41) is 12.4. The van der Waals surface area contributed by atoms with Gasteiger partial charge in [-0.1, -0.05) is 55.9 Å². The summed E-state index contributed by atoms with van der Waals surface area (Å²) in [4.78, 5) is 16.8. The largest absolute Gasteiger partial charge is 0.325 e. The fourth-order valence-corrected chi connectivity index (χ4v) is 3.91. The number of pyridine rings is 1. The van der Waals surface area contributed by atoms with Crippen LogP contribution in [0.5, 0.6) is 0 Å². The average Bonchev–Trinajstić information content (AvgIpc) is 3.23. The number of carbonyl (C=O) groups excluding carboxylic acids is 1. The van der Waals surface area contributed by atoms with Crippen molar-refractivity contribution in [2.75, 3.05) is 11.1 Å². The van der Waals surface area contributed by atoms with E-state index in [0.717, 1.165) is 16.9 Å². The Bertz CT molecular complexity index is 1160. The molecule has 0 saturated carbocycles. The lowest BCUT2D eigenvalue weighted by atomic mass is 10.0. The second-order valence-corrected chi connectivity index (χ2v) is 8.28. The molecule has 0 spiro atoms. The molecule has 2 heterocycles. The number of hydrogen-bond donors (Lipinski definition) is 1. The highest BCUT2D eigenvalue weighted by Crippen LogP contribution is 2.27. The van der Waals surface area contributed by atoms with Crippen LogP contribution in [0.25, 0.3) is 17.1 Å². The van der Waals surface area contributed by atoms with Gasteiger partial charge < -0.3 is 5.32 Å². The van der Waals surface area contributed by atoms with Gasteiger partial charge in [-0.3, -0.25) is 14.3 Å². The molecule has 0 atom stereocenters. The van der Waals surface area contributed by atoms with Gasteiger partial charge >= 0.3 is 0 Å². The summed E-state index contributed by atoms with van der Waals surface area (Å²) in [6, 6.07) is 21.6. The maximum atomic E-state index is 12.6. The standard InChI is InChI=1S/C24H23N5OS/c1-17(2)18-8-6-10-20(14-18)26-22(30)16-31-24-28-27-23(19-9-7-13-25-15-19)29(24)21-11-4-3-5-12-21/h3-15,17H,16H2,1-2H3,(H,26,30). The van der Waals surface area contributed by atoms with Crippen LogP contribution in [0.3, 0.4) is 0 Å². The summed E-state index contributed by atoms with van der Waals surface area (Å²) >= 11 is 1.35. The van der Waals surface area contributed by atoms with Crippen LogP contribution in [0.2, 0.25) is 0 Å². The zero-order chi connectivity index (χ0) is 21.6. The number of amides is 1. The number of carbonyl (C=O) groups is 1. The monoisotopic (exact) mass is 429 g/mol. The van der Waals surface area contributed by atoms with E-state index in [1.807, 2.05) is 65.2 Å². The van der Waals surface area contributed by atoms with Crippen molar-refractivity contribution in [3.05, 3.63) is 84.7 Å². The molecular weight excluding hydrogens is 406 g/mol. The first-order valence-corrected chi connectivity index (χ1v) is 11.0. The van der Waals surface area contributed by atoms with Crippen LogP contribution in [0.4, 0.5) is 5.69 Å². The lowest BCUT2D eigenvalue weighted by molar-refractivity contribution is -0.113. The summed E-state index contributed by atoms with van der Waals surface area (Å²) in [6.45, 7) is 4.26. The van der Waals surface area contributed by atoms with Crippen molar-refractivity contribution in [2.24, 2.45) is 0 Å². The second kappa shape index (κ2) is 9.57. The molecule has 0 aliphatic heterocycles. The summed E-state index contributed by atoms with van der Waals surface area (Å²) < 4.78 is 1.95. The Morgan fingerprint density at radius 2 is 1.87 bits per heavy atom. The molecule has 1 N–H and O–H groups in total. The van der Waals surface area contributed by atoms with E-state index < -0.39 is 0 Å². The number of rotatable bonds is 7.